The number of methoxy groups -OCH3 is 1. The SMILES string of the molecule is COc1ccc(Br)c(/C=C/CN)c1OC1CCCC1. The molecule has 1 aromatic carbocycles. The van der Waals surface area contributed by atoms with Crippen molar-refractivity contribution in [1.29, 1.82) is 0 Å². The normalized spacial score (nSPS) is 16.2. The molecule has 2 N–H and O–H groups in total. The lowest BCUT2D eigenvalue weighted by Crippen LogP contribution is -2.12. The summed E-state index contributed by atoms with van der Waals surface area (Å²) >= 11 is 3.56. The first kappa shape index (κ1) is 14.4. The molecule has 0 amide bonds. The van der Waals surface area contributed by atoms with Crippen LogP contribution in [0.4, 0.5) is 0 Å². The van der Waals surface area contributed by atoms with Gasteiger partial charge < -0.3 is 15.2 Å². The van der Waals surface area contributed by atoms with Gasteiger partial charge in [-0.15, -0.1) is 0 Å². The highest BCUT2D eigenvalue weighted by Crippen LogP contribution is 2.39. The number of nitrogens with two attached hydrogens (primary N) is 1. The van der Waals surface area contributed by atoms with Gasteiger partial charge in [0, 0.05) is 16.6 Å². The van der Waals surface area contributed by atoms with E-state index < -0.39 is 0 Å². The standard InChI is InChI=1S/C15H20BrNO2/c1-18-14-9-8-13(16)12(7-4-10-17)15(14)19-11-5-2-3-6-11/h4,7-9,11H,2-3,5-6,10,17H2,1H3/b7-4+. The molecule has 3 nitrogen and oxygen atoms in total. The minimum absolute atomic E-state index is 0.299. The second-order valence-corrected chi connectivity index (χ2v) is 5.51. The fourth-order valence-electron chi connectivity index (χ4n) is 2.35. The van der Waals surface area contributed by atoms with Gasteiger partial charge in [0.25, 0.3) is 0 Å². The summed E-state index contributed by atoms with van der Waals surface area (Å²) in [5.41, 5.74) is 6.53. The number of hydrogen-bond acceptors (Lipinski definition) is 3. The number of halogens is 1. The van der Waals surface area contributed by atoms with Gasteiger partial charge >= 0.3 is 0 Å². The lowest BCUT2D eigenvalue weighted by molar-refractivity contribution is 0.200. The molecule has 19 heavy (non-hydrogen) atoms. The van der Waals surface area contributed by atoms with Gasteiger partial charge in [0.2, 0.25) is 0 Å². The first-order valence-corrected chi connectivity index (χ1v) is 7.45. The third kappa shape index (κ3) is 3.51. The first-order valence-electron chi connectivity index (χ1n) is 6.66. The van der Waals surface area contributed by atoms with Crippen LogP contribution < -0.4 is 15.2 Å². The Morgan fingerprint density at radius 3 is 2.74 bits per heavy atom. The molecule has 0 bridgehead atoms. The monoisotopic (exact) mass is 325 g/mol. The van der Waals surface area contributed by atoms with E-state index in [1.165, 1.54) is 12.8 Å². The van der Waals surface area contributed by atoms with Crippen LogP contribution in [-0.4, -0.2) is 19.8 Å². The van der Waals surface area contributed by atoms with Crippen LogP contribution in [0.25, 0.3) is 6.08 Å². The number of rotatable bonds is 5. The van der Waals surface area contributed by atoms with E-state index in [9.17, 15) is 0 Å². The van der Waals surface area contributed by atoms with Crippen LogP contribution in [0.3, 0.4) is 0 Å². The average Bonchev–Trinajstić information content (AvgIpc) is 2.91. The maximum Gasteiger partial charge on any atom is 0.169 e. The Bertz CT molecular complexity index is 454. The molecule has 0 atom stereocenters. The van der Waals surface area contributed by atoms with Crippen molar-refractivity contribution in [3.63, 3.8) is 0 Å². The molecule has 2 rings (SSSR count). The Balaban J connectivity index is 2.34. The molecule has 1 saturated carbocycles. The van der Waals surface area contributed by atoms with E-state index in [1.54, 1.807) is 7.11 Å². The van der Waals surface area contributed by atoms with Gasteiger partial charge in [0.15, 0.2) is 11.5 Å². The van der Waals surface area contributed by atoms with Crippen molar-refractivity contribution in [2.45, 2.75) is 31.8 Å². The molecule has 0 spiro atoms. The van der Waals surface area contributed by atoms with Crippen molar-refractivity contribution in [3.05, 3.63) is 28.2 Å². The van der Waals surface area contributed by atoms with Crippen LogP contribution >= 0.6 is 15.9 Å². The molecule has 0 heterocycles. The second kappa shape index (κ2) is 6.96. The molecule has 1 aliphatic carbocycles. The van der Waals surface area contributed by atoms with E-state index in [0.717, 1.165) is 34.4 Å². The van der Waals surface area contributed by atoms with E-state index >= 15 is 0 Å². The Hall–Kier alpha value is -1.00. The summed E-state index contributed by atoms with van der Waals surface area (Å²) in [4.78, 5) is 0. The van der Waals surface area contributed by atoms with Gasteiger partial charge in [-0.1, -0.05) is 28.1 Å². The summed E-state index contributed by atoms with van der Waals surface area (Å²) in [7, 11) is 1.67. The van der Waals surface area contributed by atoms with Crippen molar-refractivity contribution in [3.8, 4) is 11.5 Å². The highest BCUT2D eigenvalue weighted by molar-refractivity contribution is 9.10. The third-order valence-corrected chi connectivity index (χ3v) is 4.03. The number of hydrogen-bond donors (Lipinski definition) is 1. The molecule has 0 saturated heterocycles. The summed E-state index contributed by atoms with van der Waals surface area (Å²) in [6.07, 6.45) is 8.93. The molecular weight excluding hydrogens is 306 g/mol. The molecule has 0 radical (unpaired) electrons. The summed E-state index contributed by atoms with van der Waals surface area (Å²) in [5.74, 6) is 1.58. The molecule has 1 fully saturated rings. The smallest absolute Gasteiger partial charge is 0.169 e. The largest absolute Gasteiger partial charge is 0.493 e. The maximum atomic E-state index is 6.16. The van der Waals surface area contributed by atoms with E-state index in [2.05, 4.69) is 15.9 Å². The number of benzene rings is 1. The second-order valence-electron chi connectivity index (χ2n) is 4.65. The zero-order valence-corrected chi connectivity index (χ0v) is 12.8. The van der Waals surface area contributed by atoms with Gasteiger partial charge in [0.05, 0.1) is 13.2 Å². The Morgan fingerprint density at radius 1 is 1.37 bits per heavy atom. The third-order valence-electron chi connectivity index (χ3n) is 3.33. The molecular formula is C15H20BrNO2. The van der Waals surface area contributed by atoms with E-state index in [1.807, 2.05) is 24.3 Å². The summed E-state index contributed by atoms with van der Waals surface area (Å²) in [6.45, 7) is 0.506. The van der Waals surface area contributed by atoms with Crippen LogP contribution in [0.1, 0.15) is 31.2 Å². The van der Waals surface area contributed by atoms with Crippen molar-refractivity contribution in [1.82, 2.24) is 0 Å². The maximum absolute atomic E-state index is 6.16. The van der Waals surface area contributed by atoms with Gasteiger partial charge in [-0.05, 0) is 37.8 Å². The lowest BCUT2D eigenvalue weighted by atomic mass is 10.1. The zero-order valence-electron chi connectivity index (χ0n) is 11.2. The predicted octanol–water partition coefficient (Wildman–Crippen LogP) is 3.75. The zero-order chi connectivity index (χ0) is 13.7. The topological polar surface area (TPSA) is 44.5 Å². The van der Waals surface area contributed by atoms with Crippen LogP contribution in [0, 0.1) is 0 Å². The van der Waals surface area contributed by atoms with Gasteiger partial charge in [-0.2, -0.15) is 0 Å². The van der Waals surface area contributed by atoms with E-state index in [0.29, 0.717) is 12.6 Å². The van der Waals surface area contributed by atoms with Crippen molar-refractivity contribution in [2.24, 2.45) is 5.73 Å². The van der Waals surface area contributed by atoms with Crippen LogP contribution in [0.5, 0.6) is 11.5 Å². The van der Waals surface area contributed by atoms with Crippen molar-refractivity contribution < 1.29 is 9.47 Å². The van der Waals surface area contributed by atoms with Crippen molar-refractivity contribution >= 4 is 22.0 Å². The Morgan fingerprint density at radius 2 is 2.11 bits per heavy atom. The predicted molar refractivity (Wildman–Crippen MR) is 81.7 cm³/mol. The van der Waals surface area contributed by atoms with Crippen LogP contribution in [0.2, 0.25) is 0 Å². The van der Waals surface area contributed by atoms with Crippen molar-refractivity contribution in [2.75, 3.05) is 13.7 Å². The van der Waals surface area contributed by atoms with E-state index in [4.69, 9.17) is 15.2 Å². The molecule has 0 aromatic heterocycles. The molecule has 0 unspecified atom stereocenters. The number of ether oxygens (including phenoxy) is 2. The fraction of sp³-hybridized carbons (Fsp3) is 0.467. The molecule has 1 aromatic rings. The lowest BCUT2D eigenvalue weighted by Gasteiger charge is -2.19. The molecule has 104 valence electrons. The van der Waals surface area contributed by atoms with Gasteiger partial charge in [0.1, 0.15) is 0 Å². The average molecular weight is 326 g/mol. The summed E-state index contributed by atoms with van der Waals surface area (Å²) in [6, 6.07) is 3.89. The summed E-state index contributed by atoms with van der Waals surface area (Å²) < 4.78 is 12.6. The van der Waals surface area contributed by atoms with Crippen LogP contribution in [-0.2, 0) is 0 Å². The Kier molecular flexibility index (Phi) is 5.28. The minimum atomic E-state index is 0.299. The molecule has 4 heteroatoms. The van der Waals surface area contributed by atoms with E-state index in [-0.39, 0.29) is 0 Å². The fourth-order valence-corrected chi connectivity index (χ4v) is 2.80. The van der Waals surface area contributed by atoms with Gasteiger partial charge in [-0.3, -0.25) is 0 Å². The highest BCUT2D eigenvalue weighted by Gasteiger charge is 2.21. The molecule has 0 aliphatic heterocycles. The highest BCUT2D eigenvalue weighted by atomic mass is 79.9. The molecule has 1 aliphatic rings. The minimum Gasteiger partial charge on any atom is -0.493 e. The van der Waals surface area contributed by atoms with Gasteiger partial charge in [-0.25, -0.2) is 0 Å². The first-order chi connectivity index (χ1) is 9.26. The quantitative estimate of drug-likeness (QED) is 0.896. The summed E-state index contributed by atoms with van der Waals surface area (Å²) in [5, 5.41) is 0. The Labute approximate surface area is 122 Å². The van der Waals surface area contributed by atoms with Crippen LogP contribution in [0.15, 0.2) is 22.7 Å².